The molecule has 29 heavy (non-hydrogen) atoms. The van der Waals surface area contributed by atoms with Crippen molar-refractivity contribution in [3.05, 3.63) is 49.8 Å². The molecule has 2 aromatic rings. The van der Waals surface area contributed by atoms with Crippen LogP contribution in [0, 0.1) is 0 Å². The highest BCUT2D eigenvalue weighted by Gasteiger charge is 2.35. The molecule has 6 nitrogen and oxygen atoms in total. The molecule has 1 unspecified atom stereocenters. The van der Waals surface area contributed by atoms with Gasteiger partial charge >= 0.3 is 0 Å². The van der Waals surface area contributed by atoms with Gasteiger partial charge in [0.2, 0.25) is 0 Å². The highest BCUT2D eigenvalue weighted by atomic mass is 32.1. The van der Waals surface area contributed by atoms with Gasteiger partial charge in [-0.15, -0.1) is 11.3 Å². The third kappa shape index (κ3) is 3.66. The van der Waals surface area contributed by atoms with Gasteiger partial charge in [-0.2, -0.15) is 0 Å². The normalized spacial score (nSPS) is 23.3. The highest BCUT2D eigenvalue weighted by molar-refractivity contribution is 7.12. The molecule has 1 atom stereocenters. The first-order valence-electron chi connectivity index (χ1n) is 10.9. The lowest BCUT2D eigenvalue weighted by molar-refractivity contribution is 0.0737. The van der Waals surface area contributed by atoms with E-state index in [4.69, 9.17) is 4.98 Å². The molecule has 0 spiro atoms. The summed E-state index contributed by atoms with van der Waals surface area (Å²) in [5.74, 6) is 0.850. The van der Waals surface area contributed by atoms with E-state index < -0.39 is 0 Å². The molecule has 2 aromatic heterocycles. The van der Waals surface area contributed by atoms with Crippen LogP contribution < -0.4 is 5.56 Å². The van der Waals surface area contributed by atoms with Gasteiger partial charge in [0.15, 0.2) is 0 Å². The van der Waals surface area contributed by atoms with Gasteiger partial charge < -0.3 is 9.88 Å². The van der Waals surface area contributed by atoms with Crippen molar-refractivity contribution in [2.75, 3.05) is 13.1 Å². The minimum absolute atomic E-state index is 0.00777. The molecule has 0 radical (unpaired) electrons. The van der Waals surface area contributed by atoms with Crippen molar-refractivity contribution < 1.29 is 4.79 Å². The number of H-pyrrole nitrogens is 1. The molecule has 1 saturated heterocycles. The summed E-state index contributed by atoms with van der Waals surface area (Å²) in [5.41, 5.74) is 1.48. The SMILES string of the molecule is O=C(c1cccs1)N1CCc2nc(C3CCCN3C3CCCCC3)[nH]c(=O)c2C1. The van der Waals surface area contributed by atoms with Crippen molar-refractivity contribution in [1.82, 2.24) is 19.8 Å². The maximum Gasteiger partial charge on any atom is 0.264 e. The summed E-state index contributed by atoms with van der Waals surface area (Å²) in [5, 5.41) is 1.91. The summed E-state index contributed by atoms with van der Waals surface area (Å²) < 4.78 is 0. The third-order valence-electron chi connectivity index (χ3n) is 6.76. The molecule has 1 amide bonds. The number of likely N-dealkylation sites (tertiary alicyclic amines) is 1. The lowest BCUT2D eigenvalue weighted by Crippen LogP contribution is -2.41. The van der Waals surface area contributed by atoms with E-state index in [1.54, 1.807) is 4.90 Å². The summed E-state index contributed by atoms with van der Waals surface area (Å²) in [6.07, 6.45) is 9.42. The molecule has 4 heterocycles. The molecule has 5 rings (SSSR count). The molecule has 2 fully saturated rings. The van der Waals surface area contributed by atoms with E-state index in [0.717, 1.165) is 29.4 Å². The van der Waals surface area contributed by atoms with Gasteiger partial charge in [0, 0.05) is 19.0 Å². The van der Waals surface area contributed by atoms with Crippen LogP contribution in [-0.4, -0.2) is 44.8 Å². The Morgan fingerprint density at radius 2 is 2.00 bits per heavy atom. The fraction of sp³-hybridized carbons (Fsp3) is 0.591. The average Bonchev–Trinajstić information content (AvgIpc) is 3.46. The number of fused-ring (bicyclic) bond motifs is 1. The Bertz CT molecular complexity index is 933. The Hall–Kier alpha value is -1.99. The van der Waals surface area contributed by atoms with Gasteiger partial charge in [-0.25, -0.2) is 4.98 Å². The van der Waals surface area contributed by atoms with Crippen LogP contribution in [0.3, 0.4) is 0 Å². The molecule has 2 aliphatic heterocycles. The zero-order chi connectivity index (χ0) is 19.8. The fourth-order valence-corrected chi connectivity index (χ4v) is 5.95. The van der Waals surface area contributed by atoms with Crippen molar-refractivity contribution in [1.29, 1.82) is 0 Å². The van der Waals surface area contributed by atoms with E-state index in [1.165, 1.54) is 49.9 Å². The molecule has 3 aliphatic rings. The highest BCUT2D eigenvalue weighted by Crippen LogP contribution is 2.36. The van der Waals surface area contributed by atoms with Crippen LogP contribution in [0.15, 0.2) is 22.3 Å². The van der Waals surface area contributed by atoms with Gasteiger partial charge in [-0.1, -0.05) is 25.3 Å². The Balaban J connectivity index is 1.37. The minimum Gasteiger partial charge on any atom is -0.333 e. The summed E-state index contributed by atoms with van der Waals surface area (Å²) in [6.45, 7) is 2.08. The molecule has 0 bridgehead atoms. The largest absolute Gasteiger partial charge is 0.333 e. The number of nitrogens with one attached hydrogen (secondary N) is 1. The summed E-state index contributed by atoms with van der Waals surface area (Å²) in [4.78, 5) is 38.7. The van der Waals surface area contributed by atoms with Gasteiger partial charge in [-0.05, 0) is 43.7 Å². The van der Waals surface area contributed by atoms with Crippen LogP contribution in [0.1, 0.15) is 77.7 Å². The summed E-state index contributed by atoms with van der Waals surface area (Å²) >= 11 is 1.44. The zero-order valence-electron chi connectivity index (χ0n) is 16.7. The number of hydrogen-bond acceptors (Lipinski definition) is 5. The van der Waals surface area contributed by atoms with Crippen molar-refractivity contribution >= 4 is 17.2 Å². The Kier molecular flexibility index (Phi) is 5.26. The van der Waals surface area contributed by atoms with Gasteiger partial charge in [0.1, 0.15) is 5.82 Å². The number of carbonyl (C=O) groups excluding carboxylic acids is 1. The van der Waals surface area contributed by atoms with E-state index in [2.05, 4.69) is 9.88 Å². The standard InChI is InChI=1S/C22H28N4O2S/c27-21-16-14-25(22(28)19-9-5-13-29-19)12-10-17(16)23-20(24-21)18-8-4-11-26(18)15-6-2-1-3-7-15/h5,9,13,15,18H,1-4,6-8,10-12,14H2,(H,23,24,27). The second-order valence-electron chi connectivity index (χ2n) is 8.52. The smallest absolute Gasteiger partial charge is 0.264 e. The first kappa shape index (κ1) is 19.0. The van der Waals surface area contributed by atoms with Crippen LogP contribution in [0.4, 0.5) is 0 Å². The number of carbonyl (C=O) groups is 1. The lowest BCUT2D eigenvalue weighted by atomic mass is 9.93. The van der Waals surface area contributed by atoms with Gasteiger partial charge in [0.05, 0.1) is 28.7 Å². The summed E-state index contributed by atoms with van der Waals surface area (Å²) in [7, 11) is 0. The van der Waals surface area contributed by atoms with Crippen LogP contribution in [-0.2, 0) is 13.0 Å². The average molecular weight is 413 g/mol. The maximum absolute atomic E-state index is 12.9. The van der Waals surface area contributed by atoms with Gasteiger partial charge in [0.25, 0.3) is 11.5 Å². The first-order valence-corrected chi connectivity index (χ1v) is 11.8. The second-order valence-corrected chi connectivity index (χ2v) is 9.47. The van der Waals surface area contributed by atoms with Crippen molar-refractivity contribution in [2.45, 2.75) is 70.0 Å². The fourth-order valence-electron chi connectivity index (χ4n) is 5.26. The molecule has 1 N–H and O–H groups in total. The summed E-state index contributed by atoms with van der Waals surface area (Å²) in [6, 6.07) is 4.60. The van der Waals surface area contributed by atoms with Crippen LogP contribution in [0.5, 0.6) is 0 Å². The number of nitrogens with zero attached hydrogens (tertiary/aromatic N) is 3. The Labute approximate surface area is 175 Å². The quantitative estimate of drug-likeness (QED) is 0.838. The number of hydrogen-bond donors (Lipinski definition) is 1. The third-order valence-corrected chi connectivity index (χ3v) is 7.62. The molecule has 7 heteroatoms. The predicted molar refractivity (Wildman–Crippen MR) is 113 cm³/mol. The van der Waals surface area contributed by atoms with E-state index >= 15 is 0 Å². The molecule has 1 saturated carbocycles. The number of aromatic amines is 1. The van der Waals surface area contributed by atoms with E-state index in [-0.39, 0.29) is 17.5 Å². The van der Waals surface area contributed by atoms with Gasteiger partial charge in [-0.3, -0.25) is 14.5 Å². The molecule has 1 aliphatic carbocycles. The maximum atomic E-state index is 12.9. The Morgan fingerprint density at radius 1 is 1.14 bits per heavy atom. The van der Waals surface area contributed by atoms with Crippen molar-refractivity contribution in [3.63, 3.8) is 0 Å². The second kappa shape index (κ2) is 8.03. The monoisotopic (exact) mass is 412 g/mol. The number of aromatic nitrogens is 2. The molecule has 0 aromatic carbocycles. The molecular formula is C22H28N4O2S. The zero-order valence-corrected chi connectivity index (χ0v) is 17.5. The molecular weight excluding hydrogens is 384 g/mol. The van der Waals surface area contributed by atoms with E-state index in [1.807, 2.05) is 17.5 Å². The van der Waals surface area contributed by atoms with E-state index in [0.29, 0.717) is 31.1 Å². The van der Waals surface area contributed by atoms with Crippen LogP contribution >= 0.6 is 11.3 Å². The van der Waals surface area contributed by atoms with Crippen LogP contribution in [0.25, 0.3) is 0 Å². The van der Waals surface area contributed by atoms with Crippen molar-refractivity contribution in [2.24, 2.45) is 0 Å². The number of amides is 1. The molecule has 154 valence electrons. The van der Waals surface area contributed by atoms with Crippen LogP contribution in [0.2, 0.25) is 0 Å². The topological polar surface area (TPSA) is 69.3 Å². The number of thiophene rings is 1. The first-order chi connectivity index (χ1) is 14.2. The number of rotatable bonds is 3. The Morgan fingerprint density at radius 3 is 2.79 bits per heavy atom. The lowest BCUT2D eigenvalue weighted by Gasteiger charge is -2.35. The van der Waals surface area contributed by atoms with E-state index in [9.17, 15) is 9.59 Å². The van der Waals surface area contributed by atoms with Crippen molar-refractivity contribution in [3.8, 4) is 0 Å². The minimum atomic E-state index is -0.0656. The predicted octanol–water partition coefficient (Wildman–Crippen LogP) is 3.50.